The molecule has 22 aromatic rings. The molecule has 4 aliphatic carbocycles. The molecule has 2 spiro atoms. The van der Waals surface area contributed by atoms with E-state index >= 15 is 0 Å². The fourth-order valence-electron chi connectivity index (χ4n) is 21.8. The lowest BCUT2D eigenvalue weighted by atomic mass is 9.70. The van der Waals surface area contributed by atoms with Crippen LogP contribution in [0, 0.1) is 0 Å². The molecule has 0 aliphatic heterocycles. The maximum absolute atomic E-state index is 2.53. The van der Waals surface area contributed by atoms with E-state index in [1.807, 2.05) is 22.7 Å². The molecule has 0 N–H and O–H groups in total. The van der Waals surface area contributed by atoms with Gasteiger partial charge in [-0.2, -0.15) is 0 Å². The lowest BCUT2D eigenvalue weighted by Gasteiger charge is -2.32. The smallest absolute Gasteiger partial charge is 0.0726 e. The predicted molar refractivity (Wildman–Crippen MR) is 516 cm³/mol. The van der Waals surface area contributed by atoms with Crippen molar-refractivity contribution in [2.45, 2.75) is 10.8 Å². The van der Waals surface area contributed by atoms with Crippen molar-refractivity contribution in [3.05, 3.63) is 481 Å². The average Bonchev–Trinajstić information content (AvgIpc) is 1.51. The monoisotopic (exact) mass is 1580 g/mol. The van der Waals surface area contributed by atoms with Gasteiger partial charge in [0.15, 0.2) is 0 Å². The third-order valence-electron chi connectivity index (χ3n) is 27.1. The van der Waals surface area contributed by atoms with Crippen LogP contribution in [0.1, 0.15) is 44.5 Å². The van der Waals surface area contributed by atoms with Crippen LogP contribution in [0.2, 0.25) is 0 Å². The first-order valence-corrected chi connectivity index (χ1v) is 43.9. The maximum Gasteiger partial charge on any atom is 0.0726 e. The Morgan fingerprint density at radius 3 is 0.934 bits per heavy atom. The van der Waals surface area contributed by atoms with Gasteiger partial charge in [0.25, 0.3) is 0 Å². The van der Waals surface area contributed by atoms with Crippen LogP contribution in [0.5, 0.6) is 0 Å². The lowest BCUT2D eigenvalue weighted by molar-refractivity contribution is 0.793. The fraction of sp³-hybridized carbons (Fsp3) is 0.0169. The summed E-state index contributed by atoms with van der Waals surface area (Å²) in [5.41, 5.74) is 38.1. The van der Waals surface area contributed by atoms with Gasteiger partial charge in [-0.25, -0.2) is 0 Å². The van der Waals surface area contributed by atoms with E-state index in [0.29, 0.717) is 0 Å². The van der Waals surface area contributed by atoms with Crippen molar-refractivity contribution in [2.75, 3.05) is 9.80 Å². The predicted octanol–water partition coefficient (Wildman–Crippen LogP) is 32.7. The number of hydrogen-bond acceptors (Lipinski definition) is 4. The highest BCUT2D eigenvalue weighted by Gasteiger charge is 2.54. The van der Waals surface area contributed by atoms with Crippen LogP contribution in [-0.2, 0) is 10.8 Å². The lowest BCUT2D eigenvalue weighted by Crippen LogP contribution is -2.26. The summed E-state index contributed by atoms with van der Waals surface area (Å²) in [6.07, 6.45) is 0. The maximum atomic E-state index is 2.53. The molecule has 122 heavy (non-hydrogen) atoms. The van der Waals surface area contributed by atoms with Crippen molar-refractivity contribution < 1.29 is 0 Å². The van der Waals surface area contributed by atoms with E-state index in [4.69, 9.17) is 0 Å². The number of rotatable bonds is 11. The van der Waals surface area contributed by atoms with Crippen LogP contribution in [0.4, 0.5) is 34.1 Å². The van der Waals surface area contributed by atoms with Crippen molar-refractivity contribution in [3.63, 3.8) is 0 Å². The molecule has 2 nitrogen and oxygen atoms in total. The van der Waals surface area contributed by atoms with Crippen LogP contribution in [0.25, 0.3) is 162 Å². The van der Waals surface area contributed by atoms with E-state index in [2.05, 4.69) is 447 Å². The second-order valence-electron chi connectivity index (χ2n) is 33.2. The van der Waals surface area contributed by atoms with Crippen molar-refractivity contribution in [1.82, 2.24) is 0 Å². The van der Waals surface area contributed by atoms with Crippen molar-refractivity contribution >= 4 is 119 Å². The van der Waals surface area contributed by atoms with E-state index in [1.165, 1.54) is 201 Å². The largest absolute Gasteiger partial charge is 0.310 e. The average molecular weight is 1580 g/mol. The Morgan fingerprint density at radius 2 is 0.451 bits per heavy atom. The molecule has 20 aromatic carbocycles. The van der Waals surface area contributed by atoms with Gasteiger partial charge in [-0.05, 0) is 269 Å². The van der Waals surface area contributed by atoms with Crippen LogP contribution in [0.3, 0.4) is 0 Å². The molecule has 0 saturated carbocycles. The molecule has 566 valence electrons. The molecular weight excluding hydrogens is 1510 g/mol. The summed E-state index contributed by atoms with van der Waals surface area (Å²) in [6.45, 7) is 0. The van der Waals surface area contributed by atoms with Crippen molar-refractivity contribution in [1.29, 1.82) is 0 Å². The molecule has 26 rings (SSSR count). The first kappa shape index (κ1) is 69.0. The molecule has 2 aromatic heterocycles. The second-order valence-corrected chi connectivity index (χ2v) is 35.3. The summed E-state index contributed by atoms with van der Waals surface area (Å²) in [4.78, 5) is 4.95. The van der Waals surface area contributed by atoms with Crippen LogP contribution < -0.4 is 9.80 Å². The Hall–Kier alpha value is -15.0. The Balaban J connectivity index is 0.578. The molecule has 0 amide bonds. The van der Waals surface area contributed by atoms with E-state index in [9.17, 15) is 0 Å². The van der Waals surface area contributed by atoms with Gasteiger partial charge in [0.05, 0.1) is 10.8 Å². The van der Waals surface area contributed by atoms with Gasteiger partial charge in [-0.15, -0.1) is 22.7 Å². The normalized spacial score (nSPS) is 14.0. The number of anilines is 6. The minimum atomic E-state index is -0.629. The topological polar surface area (TPSA) is 6.48 Å². The van der Waals surface area contributed by atoms with Crippen LogP contribution in [-0.4, -0.2) is 0 Å². The van der Waals surface area contributed by atoms with Crippen LogP contribution >= 0.6 is 22.7 Å². The molecule has 0 bridgehead atoms. The van der Waals surface area contributed by atoms with Gasteiger partial charge in [0.2, 0.25) is 0 Å². The van der Waals surface area contributed by atoms with E-state index in [0.717, 1.165) is 39.7 Å². The minimum absolute atomic E-state index is 0.494. The molecule has 1 atom stereocenters. The molecule has 1 unspecified atom stereocenters. The van der Waals surface area contributed by atoms with Crippen molar-refractivity contribution in [3.8, 4) is 100 Å². The summed E-state index contributed by atoms with van der Waals surface area (Å²) in [5.74, 6) is 0. The zero-order chi connectivity index (χ0) is 79.9. The Morgan fingerprint density at radius 1 is 0.156 bits per heavy atom. The number of thiophene rings is 2. The summed E-state index contributed by atoms with van der Waals surface area (Å²) < 4.78 is 5.24. The third-order valence-corrected chi connectivity index (χ3v) is 29.6. The quantitative estimate of drug-likeness (QED) is 0.127. The van der Waals surface area contributed by atoms with Gasteiger partial charge in [0.1, 0.15) is 0 Å². The highest BCUT2D eigenvalue weighted by molar-refractivity contribution is 7.26. The standard InChI is InChI=1S/C118H72N2S2/c1-2-21-78-68-79(43-42-73(78)20-1)74-44-54-83(55-45-74)119(85-58-48-76(49-59-85)91-31-18-33-103-101-28-8-15-40-113(101)121-115(91)103)88-63-67-100-97-27-7-14-39-109(97)118(112(100)72-88)108-38-13-6-25-95(108)98-65-53-81(70-110(98)118)80-52-64-90-82(69-80)22-17-30-89(90)75-46-56-84(57-47-75)120(86-60-50-77(51-61-86)92-32-19-34-104-102-29-9-16-41-114(102)122-116(92)104)87-62-66-99-96-26-5-12-37-107(96)117(111(99)71-87)105-35-10-3-23-93(105)94-24-4-11-36-106(94)117/h1-72H. The Kier molecular flexibility index (Phi) is 15.1. The summed E-state index contributed by atoms with van der Waals surface area (Å²) in [6, 6.07) is 165. The zero-order valence-electron chi connectivity index (χ0n) is 66.3. The summed E-state index contributed by atoms with van der Waals surface area (Å²) >= 11 is 3.76. The van der Waals surface area contributed by atoms with Crippen LogP contribution in [0.15, 0.2) is 437 Å². The third kappa shape index (κ3) is 10.1. The first-order chi connectivity index (χ1) is 60.5. The first-order valence-electron chi connectivity index (χ1n) is 42.2. The SMILES string of the molecule is c1ccc2c(c1)-c1ccccc1C21c2ccccc2-c2ccc(N(c3ccc(-c4cccc5cc(-c6ccc7c(c6)C6(c8ccccc8-7)c7ccccc7-c7ccc(N(c8ccc(-c9ccc%10ccccc%10c9)cc8)c8ccc(-c9cccc%10c9sc9ccccc9%10)cc8)cc76)ccc45)cc3)c3ccc(-c4cccc5c4sc4ccccc45)cc3)cc21. The number of benzene rings is 20. The van der Waals surface area contributed by atoms with Gasteiger partial charge < -0.3 is 9.80 Å². The van der Waals surface area contributed by atoms with Crippen molar-refractivity contribution in [2.24, 2.45) is 0 Å². The Bertz CT molecular complexity index is 8070. The fourth-order valence-corrected chi connectivity index (χ4v) is 24.2. The van der Waals surface area contributed by atoms with E-state index < -0.39 is 10.8 Å². The van der Waals surface area contributed by atoms with E-state index in [1.54, 1.807) is 0 Å². The zero-order valence-corrected chi connectivity index (χ0v) is 67.9. The molecule has 0 fully saturated rings. The second kappa shape index (κ2) is 26.7. The summed E-state index contributed by atoms with van der Waals surface area (Å²) in [7, 11) is 0. The molecule has 0 radical (unpaired) electrons. The molecule has 4 heteroatoms. The summed E-state index contributed by atoms with van der Waals surface area (Å²) in [5, 5.41) is 10.1. The minimum Gasteiger partial charge on any atom is -0.310 e. The molecule has 0 saturated heterocycles. The highest BCUT2D eigenvalue weighted by Crippen LogP contribution is 2.66. The molecular formula is C118H72N2S2. The Labute approximate surface area is 715 Å². The number of hydrogen-bond donors (Lipinski definition) is 0. The van der Waals surface area contributed by atoms with Gasteiger partial charge in [0, 0.05) is 74.5 Å². The molecule has 4 aliphatic rings. The van der Waals surface area contributed by atoms with Gasteiger partial charge in [-0.1, -0.05) is 334 Å². The number of fused-ring (bicyclic) bond motifs is 28. The van der Waals surface area contributed by atoms with E-state index in [-0.39, 0.29) is 0 Å². The molecule has 2 heterocycles. The number of nitrogens with zero attached hydrogens (tertiary/aromatic N) is 2. The van der Waals surface area contributed by atoms with Gasteiger partial charge in [-0.3, -0.25) is 0 Å². The highest BCUT2D eigenvalue weighted by atomic mass is 32.1. The van der Waals surface area contributed by atoms with Gasteiger partial charge >= 0.3 is 0 Å².